The van der Waals surface area contributed by atoms with Crippen molar-refractivity contribution in [2.45, 2.75) is 51.6 Å². The van der Waals surface area contributed by atoms with Crippen LogP contribution in [0.4, 0.5) is 10.2 Å². The van der Waals surface area contributed by atoms with E-state index in [1.54, 1.807) is 16.9 Å². The van der Waals surface area contributed by atoms with Gasteiger partial charge in [0.1, 0.15) is 17.6 Å². The average molecular weight is 443 g/mol. The second kappa shape index (κ2) is 8.99. The molecule has 2 amide bonds. The summed E-state index contributed by atoms with van der Waals surface area (Å²) in [5.41, 5.74) is -0.0164. The molecule has 4 N–H and O–H groups in total. The van der Waals surface area contributed by atoms with Gasteiger partial charge in [-0.2, -0.15) is 9.49 Å². The summed E-state index contributed by atoms with van der Waals surface area (Å²) < 4.78 is 15.6. The molecule has 4 rings (SSSR count). The molecule has 11 heteroatoms. The molecule has 2 heterocycles. The minimum Gasteiger partial charge on any atom is -0.423 e. The number of carbonyl (C=O) groups excluding carboxylic acids is 2. The zero-order chi connectivity index (χ0) is 23.0. The number of anilines is 1. The molecule has 0 radical (unpaired) electrons. The van der Waals surface area contributed by atoms with Crippen molar-refractivity contribution in [3.8, 4) is 0 Å². The maximum Gasteiger partial charge on any atom is 0.493 e. The van der Waals surface area contributed by atoms with Crippen LogP contribution in [-0.2, 0) is 4.79 Å². The summed E-state index contributed by atoms with van der Waals surface area (Å²) in [4.78, 5) is 30.0. The lowest BCUT2D eigenvalue weighted by Gasteiger charge is -2.27. The van der Waals surface area contributed by atoms with E-state index in [1.807, 2.05) is 13.8 Å². The third-order valence-corrected chi connectivity index (χ3v) is 6.09. The number of halogens is 1. The van der Waals surface area contributed by atoms with Crippen LogP contribution >= 0.6 is 0 Å². The van der Waals surface area contributed by atoms with E-state index in [0.717, 1.165) is 31.7 Å². The molecule has 0 bridgehead atoms. The molecule has 2 aromatic rings. The molecule has 170 valence electrons. The van der Waals surface area contributed by atoms with Crippen molar-refractivity contribution < 1.29 is 24.0 Å². The number of pyridine rings is 1. The highest BCUT2D eigenvalue weighted by Gasteiger charge is 2.48. The Labute approximate surface area is 185 Å². The lowest BCUT2D eigenvalue weighted by atomic mass is 9.81. The van der Waals surface area contributed by atoms with Crippen LogP contribution in [0.3, 0.4) is 0 Å². The molecule has 0 aromatic carbocycles. The molecule has 2 saturated carbocycles. The molecular weight excluding hydrogens is 416 g/mol. The standard InChI is InChI=1S/C21H27BFN5O4/c1-11(2)28-15(9-10-24-28)20(29)27-18(17(12-3-4-12)13-5-6-13)21(30)26-16-8-7-14(22(31)32)19(23)25-16/h7-13,17-18,31-32H,3-6H2,1-2H3,(H,27,29)(H,25,26,30)/t18-/m0/s1. The number of amides is 2. The number of nitrogens with zero attached hydrogens (tertiary/aromatic N) is 3. The average Bonchev–Trinajstić information content (AvgIpc) is 3.66. The topological polar surface area (TPSA) is 129 Å². The molecule has 32 heavy (non-hydrogen) atoms. The van der Waals surface area contributed by atoms with E-state index in [2.05, 4.69) is 20.7 Å². The van der Waals surface area contributed by atoms with Gasteiger partial charge in [0.15, 0.2) is 0 Å². The van der Waals surface area contributed by atoms with Crippen LogP contribution in [0.15, 0.2) is 24.4 Å². The molecule has 0 unspecified atom stereocenters. The van der Waals surface area contributed by atoms with E-state index in [0.29, 0.717) is 17.5 Å². The monoisotopic (exact) mass is 443 g/mol. The van der Waals surface area contributed by atoms with E-state index < -0.39 is 25.0 Å². The molecule has 2 aromatic heterocycles. The van der Waals surface area contributed by atoms with E-state index in [9.17, 15) is 14.0 Å². The van der Waals surface area contributed by atoms with Crippen LogP contribution < -0.4 is 16.1 Å². The molecule has 0 aliphatic heterocycles. The SMILES string of the molecule is CC(C)n1nccc1C(=O)N[C@H](C(=O)Nc1ccc(B(O)O)c(F)n1)C(C1CC1)C1CC1. The Balaban J connectivity index is 1.57. The van der Waals surface area contributed by atoms with Crippen LogP contribution in [0.25, 0.3) is 0 Å². The zero-order valence-corrected chi connectivity index (χ0v) is 18.0. The largest absolute Gasteiger partial charge is 0.493 e. The molecule has 2 aliphatic rings. The summed E-state index contributed by atoms with van der Waals surface area (Å²) in [6.45, 7) is 3.83. The number of rotatable bonds is 9. The molecule has 2 fully saturated rings. The predicted octanol–water partition coefficient (Wildman–Crippen LogP) is 0.851. The Morgan fingerprint density at radius 3 is 2.34 bits per heavy atom. The minimum absolute atomic E-state index is 0.00208. The maximum absolute atomic E-state index is 14.0. The summed E-state index contributed by atoms with van der Waals surface area (Å²) in [5.74, 6) is -1.27. The second-order valence-corrected chi connectivity index (χ2v) is 8.90. The van der Waals surface area contributed by atoms with Gasteiger partial charge in [-0.1, -0.05) is 6.07 Å². The Morgan fingerprint density at radius 2 is 1.81 bits per heavy atom. The van der Waals surface area contributed by atoms with Gasteiger partial charge in [-0.15, -0.1) is 0 Å². The van der Waals surface area contributed by atoms with Crippen molar-refractivity contribution in [1.29, 1.82) is 0 Å². The van der Waals surface area contributed by atoms with Crippen LogP contribution in [0.2, 0.25) is 0 Å². The molecule has 0 saturated heterocycles. The van der Waals surface area contributed by atoms with Gasteiger partial charge >= 0.3 is 7.12 Å². The fraction of sp³-hybridized carbons (Fsp3) is 0.524. The van der Waals surface area contributed by atoms with Crippen molar-refractivity contribution in [2.24, 2.45) is 17.8 Å². The number of carbonyl (C=O) groups is 2. The first-order valence-electron chi connectivity index (χ1n) is 10.9. The van der Waals surface area contributed by atoms with Crippen molar-refractivity contribution in [3.63, 3.8) is 0 Å². The van der Waals surface area contributed by atoms with Gasteiger partial charge in [0.05, 0.1) is 0 Å². The van der Waals surface area contributed by atoms with Gasteiger partial charge in [0.2, 0.25) is 11.9 Å². The highest BCUT2D eigenvalue weighted by Crippen LogP contribution is 2.50. The van der Waals surface area contributed by atoms with Gasteiger partial charge < -0.3 is 20.7 Å². The highest BCUT2D eigenvalue weighted by molar-refractivity contribution is 6.58. The molecule has 1 atom stereocenters. The smallest absolute Gasteiger partial charge is 0.423 e. The first-order chi connectivity index (χ1) is 15.3. The van der Waals surface area contributed by atoms with Crippen LogP contribution in [0.5, 0.6) is 0 Å². The Bertz CT molecular complexity index is 994. The fourth-order valence-corrected chi connectivity index (χ4v) is 4.26. The van der Waals surface area contributed by atoms with Gasteiger partial charge in [-0.05, 0) is 69.4 Å². The third-order valence-electron chi connectivity index (χ3n) is 6.09. The summed E-state index contributed by atoms with van der Waals surface area (Å²) in [6, 6.07) is 3.24. The lowest BCUT2D eigenvalue weighted by Crippen LogP contribution is -2.50. The minimum atomic E-state index is -2.00. The zero-order valence-electron chi connectivity index (χ0n) is 18.0. The lowest BCUT2D eigenvalue weighted by molar-refractivity contribution is -0.119. The summed E-state index contributed by atoms with van der Waals surface area (Å²) in [7, 11) is -2.00. The van der Waals surface area contributed by atoms with E-state index in [4.69, 9.17) is 10.0 Å². The van der Waals surface area contributed by atoms with Crippen molar-refractivity contribution >= 4 is 30.2 Å². The van der Waals surface area contributed by atoms with Crippen molar-refractivity contribution in [1.82, 2.24) is 20.1 Å². The van der Waals surface area contributed by atoms with Crippen molar-refractivity contribution in [3.05, 3.63) is 36.0 Å². The Hall–Kier alpha value is -2.79. The van der Waals surface area contributed by atoms with E-state index in [1.165, 1.54) is 6.07 Å². The number of hydrogen-bond donors (Lipinski definition) is 4. The number of hydrogen-bond acceptors (Lipinski definition) is 6. The molecule has 9 nitrogen and oxygen atoms in total. The predicted molar refractivity (Wildman–Crippen MR) is 115 cm³/mol. The van der Waals surface area contributed by atoms with Gasteiger partial charge in [0, 0.05) is 17.7 Å². The van der Waals surface area contributed by atoms with Gasteiger partial charge in [0.25, 0.3) is 5.91 Å². The highest BCUT2D eigenvalue weighted by atomic mass is 19.1. The molecular formula is C21H27BFN5O4. The normalized spacial score (nSPS) is 16.8. The van der Waals surface area contributed by atoms with Gasteiger partial charge in [-0.25, -0.2) is 4.98 Å². The number of nitrogens with one attached hydrogen (secondary N) is 2. The maximum atomic E-state index is 14.0. The fourth-order valence-electron chi connectivity index (χ4n) is 4.26. The van der Waals surface area contributed by atoms with Gasteiger partial charge in [-0.3, -0.25) is 14.3 Å². The first-order valence-corrected chi connectivity index (χ1v) is 10.9. The first kappa shape index (κ1) is 22.4. The molecule has 2 aliphatic carbocycles. The summed E-state index contributed by atoms with van der Waals surface area (Å²) >= 11 is 0. The molecule has 0 spiro atoms. The Morgan fingerprint density at radius 1 is 1.16 bits per heavy atom. The Kier molecular flexibility index (Phi) is 6.30. The van der Waals surface area contributed by atoms with Crippen LogP contribution in [0, 0.1) is 23.7 Å². The summed E-state index contributed by atoms with van der Waals surface area (Å²) in [6.07, 6.45) is 5.61. The third kappa shape index (κ3) is 4.83. The number of aromatic nitrogens is 3. The van der Waals surface area contributed by atoms with Crippen LogP contribution in [-0.4, -0.2) is 49.8 Å². The van der Waals surface area contributed by atoms with E-state index in [-0.39, 0.29) is 29.1 Å². The summed E-state index contributed by atoms with van der Waals surface area (Å²) in [5, 5.41) is 28.0. The quantitative estimate of drug-likeness (QED) is 0.336. The van der Waals surface area contributed by atoms with Crippen molar-refractivity contribution in [2.75, 3.05) is 5.32 Å². The second-order valence-electron chi connectivity index (χ2n) is 8.90. The van der Waals surface area contributed by atoms with Crippen LogP contribution in [0.1, 0.15) is 56.1 Å². The van der Waals surface area contributed by atoms with E-state index >= 15 is 0 Å².